The van der Waals surface area contributed by atoms with E-state index < -0.39 is 0 Å². The number of anilines is 1. The van der Waals surface area contributed by atoms with Crippen LogP contribution in [0.25, 0.3) is 0 Å². The van der Waals surface area contributed by atoms with Gasteiger partial charge in [0.25, 0.3) is 0 Å². The number of rotatable bonds is 2. The number of aromatic nitrogens is 1. The minimum atomic E-state index is 0.0118. The number of hydrogen-bond acceptors (Lipinski definition) is 5. The maximum atomic E-state index is 12.3. The number of thioether (sulfide) groups is 2. The third kappa shape index (κ3) is 2.77. The van der Waals surface area contributed by atoms with Crippen LogP contribution in [0.3, 0.4) is 0 Å². The van der Waals surface area contributed by atoms with E-state index in [1.54, 1.807) is 30.1 Å². The molecule has 1 saturated heterocycles. The fourth-order valence-corrected chi connectivity index (χ4v) is 4.59. The van der Waals surface area contributed by atoms with E-state index >= 15 is 0 Å². The van der Waals surface area contributed by atoms with Crippen molar-refractivity contribution in [2.75, 3.05) is 11.5 Å². The van der Waals surface area contributed by atoms with Crippen molar-refractivity contribution >= 4 is 35.1 Å². The first-order valence-electron chi connectivity index (χ1n) is 5.61. The third-order valence-corrected chi connectivity index (χ3v) is 6.34. The van der Waals surface area contributed by atoms with E-state index in [1.165, 1.54) is 0 Å². The first-order valence-corrected chi connectivity index (χ1v) is 7.60. The van der Waals surface area contributed by atoms with E-state index in [9.17, 15) is 4.79 Å². The lowest BCUT2D eigenvalue weighted by Crippen LogP contribution is -2.32. The summed E-state index contributed by atoms with van der Waals surface area (Å²) < 4.78 is 0. The zero-order valence-electron chi connectivity index (χ0n) is 9.92. The average molecular weight is 268 g/mol. The van der Waals surface area contributed by atoms with Gasteiger partial charge in [-0.2, -0.15) is 11.8 Å². The predicted octanol–water partition coefficient (Wildman–Crippen LogP) is 2.47. The van der Waals surface area contributed by atoms with Crippen LogP contribution in [0.5, 0.6) is 0 Å². The van der Waals surface area contributed by atoms with Gasteiger partial charge in [-0.25, -0.2) is 4.98 Å². The van der Waals surface area contributed by atoms with Gasteiger partial charge < -0.3 is 5.73 Å². The molecule has 2 rings (SSSR count). The molecule has 1 aromatic rings. The molecule has 0 spiro atoms. The molecule has 0 radical (unpaired) electrons. The fraction of sp³-hybridized carbons (Fsp3) is 0.500. The Hall–Kier alpha value is -0.680. The van der Waals surface area contributed by atoms with Crippen molar-refractivity contribution in [3.63, 3.8) is 0 Å². The van der Waals surface area contributed by atoms with Crippen LogP contribution in [0.2, 0.25) is 0 Å². The van der Waals surface area contributed by atoms with E-state index in [0.29, 0.717) is 21.9 Å². The molecule has 0 aromatic carbocycles. The van der Waals surface area contributed by atoms with Gasteiger partial charge in [-0.1, -0.05) is 13.8 Å². The van der Waals surface area contributed by atoms with E-state index in [4.69, 9.17) is 5.73 Å². The van der Waals surface area contributed by atoms with Crippen LogP contribution in [0, 0.1) is 0 Å². The van der Waals surface area contributed by atoms with Gasteiger partial charge in [0, 0.05) is 22.4 Å². The zero-order valence-corrected chi connectivity index (χ0v) is 11.6. The second kappa shape index (κ2) is 5.31. The second-order valence-electron chi connectivity index (χ2n) is 4.17. The lowest BCUT2D eigenvalue weighted by molar-refractivity contribution is 0.0995. The molecule has 0 aliphatic carbocycles. The van der Waals surface area contributed by atoms with E-state index in [1.807, 2.05) is 11.8 Å². The van der Waals surface area contributed by atoms with Gasteiger partial charge in [0.05, 0.1) is 10.8 Å². The summed E-state index contributed by atoms with van der Waals surface area (Å²) in [4.78, 5) is 16.3. The molecule has 3 unspecified atom stereocenters. The molecule has 0 amide bonds. The number of ketones is 1. The monoisotopic (exact) mass is 268 g/mol. The Kier molecular flexibility index (Phi) is 3.99. The highest BCUT2D eigenvalue weighted by atomic mass is 32.2. The summed E-state index contributed by atoms with van der Waals surface area (Å²) in [5, 5.41) is 1.12. The topological polar surface area (TPSA) is 56.0 Å². The number of nitrogens with two attached hydrogens (primary N) is 1. The zero-order chi connectivity index (χ0) is 12.4. The number of carbonyl (C=O) groups is 1. The first-order chi connectivity index (χ1) is 8.09. The van der Waals surface area contributed by atoms with Crippen LogP contribution < -0.4 is 5.73 Å². The molecule has 3 atom stereocenters. The van der Waals surface area contributed by atoms with Crippen molar-refractivity contribution in [3.05, 3.63) is 23.9 Å². The van der Waals surface area contributed by atoms with Crippen LogP contribution in [0.4, 0.5) is 5.82 Å². The Morgan fingerprint density at radius 2 is 2.24 bits per heavy atom. The molecule has 3 nitrogen and oxygen atoms in total. The van der Waals surface area contributed by atoms with Gasteiger partial charge in [-0.05, 0) is 12.1 Å². The van der Waals surface area contributed by atoms with Crippen LogP contribution in [-0.4, -0.2) is 32.3 Å². The van der Waals surface area contributed by atoms with Crippen LogP contribution in [0.15, 0.2) is 18.3 Å². The third-order valence-electron chi connectivity index (χ3n) is 2.95. The SMILES string of the molecule is CC1SCC(C(=O)c2cccnc2N)SC1C. The van der Waals surface area contributed by atoms with E-state index in [0.717, 1.165) is 5.75 Å². The Balaban J connectivity index is 2.14. The van der Waals surface area contributed by atoms with Crippen molar-refractivity contribution in [3.8, 4) is 0 Å². The minimum Gasteiger partial charge on any atom is -0.383 e. The number of Topliss-reactive ketones (excluding diaryl/α,β-unsaturated/α-hetero) is 1. The molecule has 2 heterocycles. The summed E-state index contributed by atoms with van der Waals surface area (Å²) >= 11 is 3.61. The summed E-state index contributed by atoms with van der Waals surface area (Å²) in [7, 11) is 0. The molecule has 0 bridgehead atoms. The van der Waals surface area contributed by atoms with Crippen LogP contribution >= 0.6 is 23.5 Å². The highest BCUT2D eigenvalue weighted by Crippen LogP contribution is 2.37. The average Bonchev–Trinajstić information content (AvgIpc) is 2.32. The van der Waals surface area contributed by atoms with Gasteiger partial charge in [0.1, 0.15) is 5.82 Å². The molecule has 2 N–H and O–H groups in total. The molecule has 1 aliphatic heterocycles. The molecule has 5 heteroatoms. The predicted molar refractivity (Wildman–Crippen MR) is 75.7 cm³/mol. The van der Waals surface area contributed by atoms with Crippen molar-refractivity contribution in [2.45, 2.75) is 29.6 Å². The number of carbonyl (C=O) groups excluding carboxylic acids is 1. The lowest BCUT2D eigenvalue weighted by Gasteiger charge is -2.30. The van der Waals surface area contributed by atoms with Crippen LogP contribution in [-0.2, 0) is 0 Å². The van der Waals surface area contributed by atoms with Crippen molar-refractivity contribution in [2.24, 2.45) is 0 Å². The maximum Gasteiger partial charge on any atom is 0.180 e. The standard InChI is InChI=1S/C12H16N2OS2/c1-7-8(2)17-10(6-16-7)11(15)9-4-3-5-14-12(9)13/h3-5,7-8,10H,6H2,1-2H3,(H2,13,14). The molecular formula is C12H16N2OS2. The molecule has 1 fully saturated rings. The highest BCUT2D eigenvalue weighted by molar-refractivity contribution is 8.08. The number of nitrogens with zero attached hydrogens (tertiary/aromatic N) is 1. The Bertz CT molecular complexity index is 425. The van der Waals surface area contributed by atoms with Crippen molar-refractivity contribution in [1.29, 1.82) is 0 Å². The highest BCUT2D eigenvalue weighted by Gasteiger charge is 2.31. The van der Waals surface area contributed by atoms with E-state index in [2.05, 4.69) is 18.8 Å². The lowest BCUT2D eigenvalue weighted by atomic mass is 10.1. The summed E-state index contributed by atoms with van der Waals surface area (Å²) in [5.74, 6) is 1.32. The van der Waals surface area contributed by atoms with Gasteiger partial charge >= 0.3 is 0 Å². The largest absolute Gasteiger partial charge is 0.383 e. The summed E-state index contributed by atoms with van der Waals surface area (Å²) in [6, 6.07) is 3.52. The quantitative estimate of drug-likeness (QED) is 0.835. The fourth-order valence-electron chi connectivity index (χ4n) is 1.72. The van der Waals surface area contributed by atoms with Crippen molar-refractivity contribution < 1.29 is 4.79 Å². The molecule has 1 aromatic heterocycles. The molecule has 92 valence electrons. The van der Waals surface area contributed by atoms with Gasteiger partial charge in [0.2, 0.25) is 0 Å². The Morgan fingerprint density at radius 1 is 1.47 bits per heavy atom. The number of nitrogen functional groups attached to an aromatic ring is 1. The molecule has 0 saturated carbocycles. The smallest absolute Gasteiger partial charge is 0.180 e. The van der Waals surface area contributed by atoms with Crippen molar-refractivity contribution in [1.82, 2.24) is 4.98 Å². The molecule has 17 heavy (non-hydrogen) atoms. The first kappa shape index (κ1) is 12.8. The molecule has 1 aliphatic rings. The Morgan fingerprint density at radius 3 is 2.88 bits per heavy atom. The number of hydrogen-bond donors (Lipinski definition) is 1. The van der Waals surface area contributed by atoms with Crippen LogP contribution in [0.1, 0.15) is 24.2 Å². The normalized spacial score (nSPS) is 28.9. The van der Waals surface area contributed by atoms with E-state index in [-0.39, 0.29) is 11.0 Å². The summed E-state index contributed by atoms with van der Waals surface area (Å²) in [6.45, 7) is 4.38. The minimum absolute atomic E-state index is 0.0118. The summed E-state index contributed by atoms with van der Waals surface area (Å²) in [6.07, 6.45) is 1.61. The van der Waals surface area contributed by atoms with Gasteiger partial charge in [-0.3, -0.25) is 4.79 Å². The van der Waals surface area contributed by atoms with Gasteiger partial charge in [-0.15, -0.1) is 11.8 Å². The number of pyridine rings is 1. The Labute approximate surface area is 110 Å². The second-order valence-corrected chi connectivity index (χ2v) is 7.16. The van der Waals surface area contributed by atoms with Gasteiger partial charge in [0.15, 0.2) is 5.78 Å². The molecular weight excluding hydrogens is 252 g/mol. The maximum absolute atomic E-state index is 12.3. The summed E-state index contributed by atoms with van der Waals surface area (Å²) in [5.41, 5.74) is 6.30.